The lowest BCUT2D eigenvalue weighted by Gasteiger charge is -2.29. The molecule has 360 valence electrons. The molecule has 0 radical (unpaired) electrons. The van der Waals surface area contributed by atoms with Crippen molar-refractivity contribution < 1.29 is 38.0 Å². The Balaban J connectivity index is 1.83. The quantitative estimate of drug-likeness (QED) is 0.0240. The zero-order valence-corrected chi connectivity index (χ0v) is 42.5. The van der Waals surface area contributed by atoms with E-state index in [4.69, 9.17) is 18.5 Å². The molecule has 0 bridgehead atoms. The van der Waals surface area contributed by atoms with E-state index < -0.39 is 8.60 Å². The lowest BCUT2D eigenvalue weighted by atomic mass is 9.77. The molecule has 2 aromatic rings. The fourth-order valence-corrected chi connectivity index (χ4v) is 8.67. The maximum absolute atomic E-state index is 13.4. The van der Waals surface area contributed by atoms with E-state index in [1.165, 1.54) is 116 Å². The first kappa shape index (κ1) is 56.5. The van der Waals surface area contributed by atoms with Gasteiger partial charge in [0.1, 0.15) is 11.5 Å². The van der Waals surface area contributed by atoms with Crippen molar-refractivity contribution in [3.63, 3.8) is 0 Å². The molecule has 0 saturated heterocycles. The highest BCUT2D eigenvalue weighted by Gasteiger charge is 2.34. The Morgan fingerprint density at radius 2 is 0.810 bits per heavy atom. The van der Waals surface area contributed by atoms with Crippen molar-refractivity contribution in [1.29, 1.82) is 0 Å². The monoisotopic (exact) mass is 899 g/mol. The van der Waals surface area contributed by atoms with Crippen LogP contribution in [0.15, 0.2) is 48.5 Å². The summed E-state index contributed by atoms with van der Waals surface area (Å²) < 4.78 is 28.2. The Labute approximate surface area is 386 Å². The van der Waals surface area contributed by atoms with E-state index in [1.807, 2.05) is 24.3 Å². The highest BCUT2D eigenvalue weighted by molar-refractivity contribution is 7.42. The van der Waals surface area contributed by atoms with Gasteiger partial charge in [0.2, 0.25) is 0 Å². The van der Waals surface area contributed by atoms with Crippen molar-refractivity contribution in [2.75, 3.05) is 13.2 Å². The van der Waals surface area contributed by atoms with E-state index in [-0.39, 0.29) is 34.6 Å². The van der Waals surface area contributed by atoms with Gasteiger partial charge in [-0.3, -0.25) is 9.59 Å². The molecule has 8 nitrogen and oxygen atoms in total. The van der Waals surface area contributed by atoms with Crippen molar-refractivity contribution in [2.24, 2.45) is 34.5 Å². The third-order valence-corrected chi connectivity index (χ3v) is 13.3. The van der Waals surface area contributed by atoms with Crippen LogP contribution in [0.1, 0.15) is 209 Å². The van der Waals surface area contributed by atoms with Crippen molar-refractivity contribution in [3.05, 3.63) is 59.7 Å². The van der Waals surface area contributed by atoms with E-state index in [9.17, 15) is 14.8 Å². The first-order chi connectivity index (χ1) is 30.1. The van der Waals surface area contributed by atoms with E-state index in [0.717, 1.165) is 24.0 Å². The first-order valence-corrected chi connectivity index (χ1v) is 26.2. The van der Waals surface area contributed by atoms with Gasteiger partial charge in [-0.2, -0.15) is 0 Å². The molecule has 0 aliphatic heterocycles. The van der Waals surface area contributed by atoms with Crippen LogP contribution in [0.25, 0.3) is 0 Å². The second-order valence-electron chi connectivity index (χ2n) is 20.7. The zero-order valence-electron chi connectivity index (χ0n) is 41.7. The molecule has 1 N–H and O–H groups in total. The lowest BCUT2D eigenvalue weighted by Crippen LogP contribution is -2.33. The Kier molecular flexibility index (Phi) is 28.7. The van der Waals surface area contributed by atoms with Crippen LogP contribution in [0.2, 0.25) is 0 Å². The van der Waals surface area contributed by atoms with Crippen molar-refractivity contribution >= 4 is 20.5 Å². The van der Waals surface area contributed by atoms with Crippen LogP contribution in [0.4, 0.5) is 0 Å². The number of esters is 2. The Bertz CT molecular complexity index is 1360. The molecule has 0 aliphatic carbocycles. The number of carbonyl (C=O) groups is 2. The molecular formula is C54H91O8P. The van der Waals surface area contributed by atoms with Crippen LogP contribution in [0, 0.1) is 34.5 Å². The molecule has 2 aromatic carbocycles. The summed E-state index contributed by atoms with van der Waals surface area (Å²) in [7, 11) is -2.16. The van der Waals surface area contributed by atoms with Crippen LogP contribution in [-0.4, -0.2) is 30.4 Å². The molecule has 0 heterocycles. The molecule has 2 rings (SSSR count). The van der Waals surface area contributed by atoms with Gasteiger partial charge in [-0.15, -0.1) is 4.67 Å². The van der Waals surface area contributed by atoms with Crippen LogP contribution >= 0.6 is 8.60 Å². The van der Waals surface area contributed by atoms with Gasteiger partial charge in [0, 0.05) is 0 Å². The highest BCUT2D eigenvalue weighted by Crippen LogP contribution is 2.41. The van der Waals surface area contributed by atoms with Gasteiger partial charge in [0.25, 0.3) is 0 Å². The molecule has 0 aliphatic rings. The van der Waals surface area contributed by atoms with Crippen molar-refractivity contribution in [3.8, 4) is 11.5 Å². The maximum atomic E-state index is 13.4. The molecule has 4 unspecified atom stereocenters. The van der Waals surface area contributed by atoms with Gasteiger partial charge in [-0.25, -0.2) is 5.26 Å². The minimum atomic E-state index is -2.16. The minimum Gasteiger partial charge on any atom is -0.465 e. The third kappa shape index (κ3) is 25.6. The number of benzene rings is 2. The summed E-state index contributed by atoms with van der Waals surface area (Å²) in [5.41, 5.74) is 1.40. The first-order valence-electron chi connectivity index (χ1n) is 25.1. The van der Waals surface area contributed by atoms with E-state index in [0.29, 0.717) is 49.4 Å². The number of carbonyl (C=O) groups excluding carboxylic acids is 2. The summed E-state index contributed by atoms with van der Waals surface area (Å²) in [5.74, 6) is 0.687. The second-order valence-corrected chi connectivity index (χ2v) is 21.7. The maximum Gasteiger partial charge on any atom is 0.492 e. The molecule has 63 heavy (non-hydrogen) atoms. The van der Waals surface area contributed by atoms with Gasteiger partial charge >= 0.3 is 20.5 Å². The normalized spacial score (nSPS) is 14.4. The minimum absolute atomic E-state index is 0.156. The van der Waals surface area contributed by atoms with Crippen LogP contribution in [0.3, 0.4) is 0 Å². The molecule has 0 fully saturated rings. The largest absolute Gasteiger partial charge is 0.492 e. The van der Waals surface area contributed by atoms with Gasteiger partial charge in [0.05, 0.1) is 25.0 Å². The van der Waals surface area contributed by atoms with Crippen LogP contribution in [0.5, 0.6) is 11.5 Å². The summed E-state index contributed by atoms with van der Waals surface area (Å²) in [6.45, 7) is 22.3. The molecule has 0 aromatic heterocycles. The smallest absolute Gasteiger partial charge is 0.465 e. The fourth-order valence-electron chi connectivity index (χ4n) is 7.98. The standard InChI is InChI=1S/C54H91O8P/c1-11-13-15-17-19-21-23-25-27-29-43(3)41-58-51(55)49(53(5,6)7)39-45-31-35-47(36-32-45)60-63(62-57)61-48-37-33-46(34-38-48)40-50(54(8,9)10)52(56)59-42-44(4)30-28-26-24-22-20-18-16-14-12-2/h31-38,43-44,49-50,57H,11-30,39-42H2,1-10H3. The topological polar surface area (TPSA) is 101 Å². The molecule has 4 atom stereocenters. The van der Waals surface area contributed by atoms with E-state index in [2.05, 4.69) is 73.9 Å². The molecule has 9 heteroatoms. The number of hydrogen-bond donors (Lipinski definition) is 1. The van der Waals surface area contributed by atoms with Gasteiger partial charge in [-0.05, 0) is 83.7 Å². The van der Waals surface area contributed by atoms with Crippen LogP contribution < -0.4 is 9.05 Å². The number of rotatable bonds is 35. The Hall–Kier alpha value is -2.67. The van der Waals surface area contributed by atoms with Gasteiger partial charge < -0.3 is 18.5 Å². The molecular weight excluding hydrogens is 808 g/mol. The van der Waals surface area contributed by atoms with Crippen molar-refractivity contribution in [1.82, 2.24) is 0 Å². The number of unbranched alkanes of at least 4 members (excludes halogenated alkanes) is 16. The Morgan fingerprint density at radius 1 is 0.508 bits per heavy atom. The summed E-state index contributed by atoms with van der Waals surface area (Å²) in [4.78, 5) is 26.8. The van der Waals surface area contributed by atoms with Crippen molar-refractivity contribution in [2.45, 2.75) is 210 Å². The molecule has 0 spiro atoms. The summed E-state index contributed by atoms with van der Waals surface area (Å²) in [6.07, 6.45) is 26.8. The summed E-state index contributed by atoms with van der Waals surface area (Å²) >= 11 is 0. The average Bonchev–Trinajstić information content (AvgIpc) is 3.24. The van der Waals surface area contributed by atoms with Crippen LogP contribution in [-0.2, 0) is 36.6 Å². The van der Waals surface area contributed by atoms with E-state index >= 15 is 0 Å². The highest BCUT2D eigenvalue weighted by atomic mass is 31.2. The van der Waals surface area contributed by atoms with Gasteiger partial charge in [-0.1, -0.05) is 209 Å². The summed E-state index contributed by atoms with van der Waals surface area (Å²) in [5, 5.41) is 9.68. The molecule has 0 amide bonds. The number of hydrogen-bond acceptors (Lipinski definition) is 8. The average molecular weight is 899 g/mol. The predicted octanol–water partition coefficient (Wildman–Crippen LogP) is 16.5. The lowest BCUT2D eigenvalue weighted by molar-refractivity contribution is -0.154. The second kappa shape index (κ2) is 32.1. The SMILES string of the molecule is CCCCCCCCCCCC(C)COC(=O)C(Cc1ccc(OP(OO)Oc2ccc(CC(C(=O)OCC(C)CCCCCCCCCCC)C(C)(C)C)cc2)cc1)C(C)(C)C. The number of ether oxygens (including phenoxy) is 2. The zero-order chi connectivity index (χ0) is 46.5. The van der Waals surface area contributed by atoms with Gasteiger partial charge in [0.15, 0.2) is 0 Å². The third-order valence-electron chi connectivity index (χ3n) is 12.4. The predicted molar refractivity (Wildman–Crippen MR) is 262 cm³/mol. The van der Waals surface area contributed by atoms with E-state index in [1.54, 1.807) is 24.3 Å². The fraction of sp³-hybridized carbons (Fsp3) is 0.741. The Morgan fingerprint density at radius 3 is 1.10 bits per heavy atom. The molecule has 0 saturated carbocycles. The summed E-state index contributed by atoms with van der Waals surface area (Å²) in [6, 6.07) is 14.8.